The van der Waals surface area contributed by atoms with Crippen LogP contribution in [0.15, 0.2) is 54.6 Å². The van der Waals surface area contributed by atoms with Gasteiger partial charge in [-0.3, -0.25) is 4.79 Å². The van der Waals surface area contributed by atoms with Crippen molar-refractivity contribution in [3.05, 3.63) is 71.3 Å². The Morgan fingerprint density at radius 3 is 2.85 bits per heavy atom. The molecule has 0 aromatic heterocycles. The van der Waals surface area contributed by atoms with Crippen molar-refractivity contribution in [2.75, 3.05) is 5.75 Å². The van der Waals surface area contributed by atoms with Gasteiger partial charge < -0.3 is 9.64 Å². The summed E-state index contributed by atoms with van der Waals surface area (Å²) in [6.07, 6.45) is 1.14. The summed E-state index contributed by atoms with van der Waals surface area (Å²) in [5.41, 5.74) is 2.34. The van der Waals surface area contributed by atoms with Crippen LogP contribution in [0.2, 0.25) is 0 Å². The predicted molar refractivity (Wildman–Crippen MR) is 101 cm³/mol. The molecule has 2 heterocycles. The van der Waals surface area contributed by atoms with Crippen molar-refractivity contribution in [3.63, 3.8) is 0 Å². The van der Waals surface area contributed by atoms with E-state index in [1.54, 1.807) is 34.9 Å². The van der Waals surface area contributed by atoms with Gasteiger partial charge >= 0.3 is 5.97 Å². The van der Waals surface area contributed by atoms with E-state index in [9.17, 15) is 9.59 Å². The number of benzene rings is 2. The van der Waals surface area contributed by atoms with Gasteiger partial charge in [0.25, 0.3) is 0 Å². The van der Waals surface area contributed by atoms with Crippen molar-refractivity contribution < 1.29 is 14.3 Å². The number of esters is 1. The Morgan fingerprint density at radius 1 is 1.26 bits per heavy atom. The number of carbonyl (C=O) groups is 2. The third kappa shape index (κ3) is 3.08. The number of fused-ring (bicyclic) bond motifs is 1. The Bertz CT molecular complexity index is 925. The lowest BCUT2D eigenvalue weighted by molar-refractivity contribution is -0.155. The molecule has 0 N–H and O–H groups in total. The number of carbonyl (C=O) groups excluding carboxylic acids is 2. The van der Waals surface area contributed by atoms with Crippen LogP contribution in [0.1, 0.15) is 29.5 Å². The topological polar surface area (TPSA) is 70.4 Å². The molecule has 1 amide bonds. The fourth-order valence-corrected chi connectivity index (χ4v) is 5.43. The van der Waals surface area contributed by atoms with Crippen molar-refractivity contribution in [2.45, 2.75) is 30.4 Å². The molecule has 2 aliphatic rings. The molecule has 0 radical (unpaired) electrons. The van der Waals surface area contributed by atoms with Crippen molar-refractivity contribution >= 4 is 23.6 Å². The zero-order valence-corrected chi connectivity index (χ0v) is 15.4. The van der Waals surface area contributed by atoms with Crippen molar-refractivity contribution in [3.8, 4) is 6.07 Å². The first-order valence-corrected chi connectivity index (χ1v) is 9.80. The van der Waals surface area contributed by atoms with E-state index in [0.717, 1.165) is 11.1 Å². The second-order valence-corrected chi connectivity index (χ2v) is 7.96. The van der Waals surface area contributed by atoms with Gasteiger partial charge in [0.05, 0.1) is 11.6 Å². The summed E-state index contributed by atoms with van der Waals surface area (Å²) in [6.45, 7) is 0.0931. The highest BCUT2D eigenvalue weighted by Gasteiger charge is 2.57. The van der Waals surface area contributed by atoms with Crippen LogP contribution < -0.4 is 0 Å². The monoisotopic (exact) mass is 378 g/mol. The molecule has 2 aromatic rings. The molecule has 5 nitrogen and oxygen atoms in total. The van der Waals surface area contributed by atoms with E-state index in [2.05, 4.69) is 6.07 Å². The van der Waals surface area contributed by atoms with Crippen molar-refractivity contribution in [1.29, 1.82) is 5.26 Å². The lowest BCUT2D eigenvalue weighted by atomic mass is 10.0. The smallest absolute Gasteiger partial charge is 0.330 e. The van der Waals surface area contributed by atoms with Gasteiger partial charge in [0.2, 0.25) is 5.91 Å². The minimum atomic E-state index is -0.579. The molecule has 27 heavy (non-hydrogen) atoms. The zero-order valence-electron chi connectivity index (χ0n) is 14.6. The van der Waals surface area contributed by atoms with Gasteiger partial charge in [0, 0.05) is 12.2 Å². The van der Waals surface area contributed by atoms with Crippen LogP contribution in [0.25, 0.3) is 0 Å². The number of rotatable bonds is 4. The summed E-state index contributed by atoms with van der Waals surface area (Å²) >= 11 is 1.64. The minimum absolute atomic E-state index is 0.00252. The zero-order chi connectivity index (χ0) is 18.9. The first kappa shape index (κ1) is 17.6. The highest BCUT2D eigenvalue weighted by atomic mass is 32.2. The largest absolute Gasteiger partial charge is 0.459 e. The number of nitrogens with zero attached hydrogens (tertiary/aromatic N) is 2. The van der Waals surface area contributed by atoms with E-state index in [1.807, 2.05) is 36.4 Å². The molecule has 6 heteroatoms. The molecule has 2 aliphatic heterocycles. The normalized spacial score (nSPS) is 23.7. The molecule has 2 atom stereocenters. The summed E-state index contributed by atoms with van der Waals surface area (Å²) in [4.78, 5) is 26.6. The van der Waals surface area contributed by atoms with E-state index in [1.165, 1.54) is 0 Å². The molecule has 0 spiro atoms. The average molecular weight is 378 g/mol. The SMILES string of the molecule is N#Cc1cccc(COC(=O)[C@H]2CS[C@@]3(c4ccccc4)CCC(=O)N23)c1. The van der Waals surface area contributed by atoms with Crippen LogP contribution in [-0.2, 0) is 25.8 Å². The number of thioether (sulfide) groups is 1. The molecule has 136 valence electrons. The van der Waals surface area contributed by atoms with Gasteiger partial charge in [0.15, 0.2) is 0 Å². The first-order valence-electron chi connectivity index (χ1n) is 8.81. The Hall–Kier alpha value is -2.78. The molecule has 2 fully saturated rings. The Labute approximate surface area is 161 Å². The highest BCUT2D eigenvalue weighted by Crippen LogP contribution is 2.54. The van der Waals surface area contributed by atoms with Gasteiger partial charge in [0.1, 0.15) is 17.5 Å². The number of nitriles is 1. The number of hydrogen-bond acceptors (Lipinski definition) is 5. The third-order valence-corrected chi connectivity index (χ3v) is 6.66. The van der Waals surface area contributed by atoms with Crippen molar-refractivity contribution in [2.24, 2.45) is 0 Å². The highest BCUT2D eigenvalue weighted by molar-refractivity contribution is 8.00. The van der Waals surface area contributed by atoms with Crippen LogP contribution in [0, 0.1) is 11.3 Å². The Kier molecular flexibility index (Phi) is 4.63. The number of ether oxygens (including phenoxy) is 1. The fraction of sp³-hybridized carbons (Fsp3) is 0.286. The summed E-state index contributed by atoms with van der Waals surface area (Å²) in [5.74, 6) is 0.132. The van der Waals surface area contributed by atoms with Crippen LogP contribution in [0.4, 0.5) is 0 Å². The molecule has 4 rings (SSSR count). The standard InChI is InChI=1S/C21H18N2O3S/c22-12-15-5-4-6-16(11-15)13-26-20(25)18-14-27-21(10-9-19(24)23(18)21)17-7-2-1-3-8-17/h1-8,11,18H,9-10,13-14H2/t18-,21-/m1/s1. The maximum absolute atomic E-state index is 12.7. The van der Waals surface area contributed by atoms with Gasteiger partial charge in [-0.15, -0.1) is 11.8 Å². The molecule has 2 aromatic carbocycles. The minimum Gasteiger partial charge on any atom is -0.459 e. The average Bonchev–Trinajstić information content (AvgIpc) is 3.26. The molecule has 0 aliphatic carbocycles. The third-order valence-electron chi connectivity index (χ3n) is 5.06. The van der Waals surface area contributed by atoms with Crippen LogP contribution in [0.3, 0.4) is 0 Å². The van der Waals surface area contributed by atoms with Crippen LogP contribution in [0.5, 0.6) is 0 Å². The summed E-state index contributed by atoms with van der Waals surface area (Å²) < 4.78 is 5.49. The van der Waals surface area contributed by atoms with Crippen molar-refractivity contribution in [1.82, 2.24) is 4.90 Å². The predicted octanol–water partition coefficient (Wildman–Crippen LogP) is 3.19. The first-order chi connectivity index (χ1) is 13.1. The lowest BCUT2D eigenvalue weighted by Gasteiger charge is -2.33. The van der Waals surface area contributed by atoms with Crippen LogP contribution in [-0.4, -0.2) is 28.6 Å². The number of amides is 1. The van der Waals surface area contributed by atoms with Gasteiger partial charge in [-0.25, -0.2) is 4.79 Å². The van der Waals surface area contributed by atoms with Gasteiger partial charge in [-0.05, 0) is 29.7 Å². The summed E-state index contributed by atoms with van der Waals surface area (Å²) in [5, 5.41) is 8.98. The summed E-state index contributed by atoms with van der Waals surface area (Å²) in [6, 6.07) is 18.4. The van der Waals surface area contributed by atoms with E-state index in [4.69, 9.17) is 10.00 Å². The lowest BCUT2D eigenvalue weighted by Crippen LogP contribution is -2.46. The van der Waals surface area contributed by atoms with Gasteiger partial charge in [-0.1, -0.05) is 42.5 Å². The second kappa shape index (κ2) is 7.09. The second-order valence-electron chi connectivity index (χ2n) is 6.66. The quantitative estimate of drug-likeness (QED) is 0.764. The Morgan fingerprint density at radius 2 is 2.07 bits per heavy atom. The Balaban J connectivity index is 1.51. The molecular formula is C21H18N2O3S. The summed E-state index contributed by atoms with van der Waals surface area (Å²) in [7, 11) is 0. The molecule has 0 saturated carbocycles. The van der Waals surface area contributed by atoms with Gasteiger partial charge in [-0.2, -0.15) is 5.26 Å². The van der Waals surface area contributed by atoms with Crippen LogP contribution >= 0.6 is 11.8 Å². The van der Waals surface area contributed by atoms with E-state index in [0.29, 0.717) is 24.2 Å². The van der Waals surface area contributed by atoms with E-state index < -0.39 is 16.9 Å². The maximum Gasteiger partial charge on any atom is 0.330 e. The molecular weight excluding hydrogens is 360 g/mol. The molecule has 0 unspecified atom stereocenters. The fourth-order valence-electron chi connectivity index (χ4n) is 3.80. The molecule has 0 bridgehead atoms. The maximum atomic E-state index is 12.7. The molecule has 2 saturated heterocycles. The van der Waals surface area contributed by atoms with E-state index >= 15 is 0 Å². The number of hydrogen-bond donors (Lipinski definition) is 0. The van der Waals surface area contributed by atoms with E-state index in [-0.39, 0.29) is 12.5 Å².